The first-order valence-electron chi connectivity index (χ1n) is 9.89. The number of carbonyl (C=O) groups is 1. The van der Waals surface area contributed by atoms with Crippen molar-refractivity contribution in [1.29, 1.82) is 0 Å². The molecular formula is C25H24N2O3. The quantitative estimate of drug-likeness (QED) is 0.458. The van der Waals surface area contributed by atoms with Crippen molar-refractivity contribution >= 4 is 16.8 Å². The van der Waals surface area contributed by atoms with Gasteiger partial charge in [0.25, 0.3) is 5.91 Å². The number of hydrogen-bond acceptors (Lipinski definition) is 3. The van der Waals surface area contributed by atoms with E-state index in [1.165, 1.54) is 0 Å². The molecule has 1 atom stereocenters. The van der Waals surface area contributed by atoms with Crippen LogP contribution < -0.4 is 14.8 Å². The first-order valence-corrected chi connectivity index (χ1v) is 9.89. The van der Waals surface area contributed by atoms with Crippen molar-refractivity contribution in [3.63, 3.8) is 0 Å². The number of methoxy groups -OCH3 is 1. The van der Waals surface area contributed by atoms with Gasteiger partial charge < -0.3 is 19.8 Å². The molecule has 1 aromatic heterocycles. The first kappa shape index (κ1) is 19.6. The fraction of sp³-hybridized carbons (Fsp3) is 0.160. The highest BCUT2D eigenvalue weighted by Gasteiger charge is 2.19. The highest BCUT2D eigenvalue weighted by molar-refractivity contribution is 5.84. The van der Waals surface area contributed by atoms with Gasteiger partial charge in [0, 0.05) is 29.6 Å². The average molecular weight is 400 g/mol. The Morgan fingerprint density at radius 1 is 0.933 bits per heavy atom. The minimum atomic E-state index is -0.179. The van der Waals surface area contributed by atoms with Crippen LogP contribution in [0.2, 0.25) is 0 Å². The van der Waals surface area contributed by atoms with Gasteiger partial charge in [-0.25, -0.2) is 0 Å². The molecule has 0 saturated carbocycles. The largest absolute Gasteiger partial charge is 0.493 e. The van der Waals surface area contributed by atoms with Crippen molar-refractivity contribution in [3.05, 3.63) is 96.2 Å². The van der Waals surface area contributed by atoms with Crippen LogP contribution in [0.25, 0.3) is 10.9 Å². The van der Waals surface area contributed by atoms with Crippen molar-refractivity contribution in [2.75, 3.05) is 20.3 Å². The average Bonchev–Trinajstić information content (AvgIpc) is 3.23. The standard InChI is InChI=1S/C25H24N2O3/c1-29-23-13-7-8-14-24(23)30-17-25(28)27-15-20(18-9-3-2-4-10-18)21-16-26-22-12-6-5-11-19(21)22/h2-14,16,20,26H,15,17H2,1H3,(H,27,28). The van der Waals surface area contributed by atoms with Crippen molar-refractivity contribution in [2.45, 2.75) is 5.92 Å². The van der Waals surface area contributed by atoms with E-state index in [0.29, 0.717) is 18.0 Å². The second-order valence-electron chi connectivity index (χ2n) is 7.00. The monoisotopic (exact) mass is 400 g/mol. The second kappa shape index (κ2) is 9.18. The van der Waals surface area contributed by atoms with Crippen molar-refractivity contribution in [1.82, 2.24) is 10.3 Å². The zero-order valence-corrected chi connectivity index (χ0v) is 16.8. The van der Waals surface area contributed by atoms with Gasteiger partial charge >= 0.3 is 0 Å². The second-order valence-corrected chi connectivity index (χ2v) is 7.00. The van der Waals surface area contributed by atoms with Gasteiger partial charge in [0.05, 0.1) is 7.11 Å². The zero-order valence-electron chi connectivity index (χ0n) is 16.8. The van der Waals surface area contributed by atoms with Crippen LogP contribution in [-0.4, -0.2) is 31.2 Å². The molecule has 0 saturated heterocycles. The van der Waals surface area contributed by atoms with Crippen LogP contribution in [0.5, 0.6) is 11.5 Å². The van der Waals surface area contributed by atoms with Gasteiger partial charge in [-0.15, -0.1) is 0 Å². The molecule has 4 aromatic rings. The highest BCUT2D eigenvalue weighted by Crippen LogP contribution is 2.30. The summed E-state index contributed by atoms with van der Waals surface area (Å²) in [6.45, 7) is 0.399. The minimum absolute atomic E-state index is 0.0255. The maximum absolute atomic E-state index is 12.5. The van der Waals surface area contributed by atoms with Gasteiger partial charge in [-0.3, -0.25) is 4.79 Å². The Morgan fingerprint density at radius 3 is 2.43 bits per heavy atom. The number of benzene rings is 3. The third-order valence-electron chi connectivity index (χ3n) is 5.13. The predicted octanol–water partition coefficient (Wildman–Crippen LogP) is 4.50. The zero-order chi connectivity index (χ0) is 20.8. The fourth-order valence-electron chi connectivity index (χ4n) is 3.62. The minimum Gasteiger partial charge on any atom is -0.493 e. The molecule has 1 unspecified atom stereocenters. The third-order valence-corrected chi connectivity index (χ3v) is 5.13. The van der Waals surface area contributed by atoms with Crippen LogP contribution in [-0.2, 0) is 4.79 Å². The lowest BCUT2D eigenvalue weighted by molar-refractivity contribution is -0.123. The molecule has 5 heteroatoms. The summed E-state index contributed by atoms with van der Waals surface area (Å²) in [5.74, 6) is 0.997. The Labute approximate surface area is 175 Å². The van der Waals surface area contributed by atoms with E-state index in [1.54, 1.807) is 19.2 Å². The molecule has 152 valence electrons. The summed E-state index contributed by atoms with van der Waals surface area (Å²) in [5.41, 5.74) is 3.38. The normalized spacial score (nSPS) is 11.8. The predicted molar refractivity (Wildman–Crippen MR) is 118 cm³/mol. The molecule has 1 heterocycles. The van der Waals surface area contributed by atoms with Crippen LogP contribution in [0.15, 0.2) is 85.1 Å². The lowest BCUT2D eigenvalue weighted by Gasteiger charge is -2.18. The van der Waals surface area contributed by atoms with Crippen LogP contribution in [0.1, 0.15) is 17.0 Å². The van der Waals surface area contributed by atoms with Gasteiger partial charge in [-0.1, -0.05) is 60.7 Å². The summed E-state index contributed by atoms with van der Waals surface area (Å²) < 4.78 is 10.9. The molecule has 0 bridgehead atoms. The molecule has 0 aliphatic heterocycles. The molecule has 0 aliphatic rings. The topological polar surface area (TPSA) is 63.4 Å². The van der Waals surface area contributed by atoms with E-state index in [4.69, 9.17) is 9.47 Å². The van der Waals surface area contributed by atoms with E-state index in [-0.39, 0.29) is 18.4 Å². The highest BCUT2D eigenvalue weighted by atomic mass is 16.5. The van der Waals surface area contributed by atoms with Crippen molar-refractivity contribution < 1.29 is 14.3 Å². The number of hydrogen-bond donors (Lipinski definition) is 2. The Bertz CT molecular complexity index is 1120. The Kier molecular flexibility index (Phi) is 5.99. The molecule has 1 amide bonds. The smallest absolute Gasteiger partial charge is 0.257 e. The number of fused-ring (bicyclic) bond motifs is 1. The van der Waals surface area contributed by atoms with E-state index >= 15 is 0 Å². The molecule has 5 nitrogen and oxygen atoms in total. The number of H-pyrrole nitrogens is 1. The van der Waals surface area contributed by atoms with E-state index in [0.717, 1.165) is 22.0 Å². The molecule has 2 N–H and O–H groups in total. The number of rotatable bonds is 8. The fourth-order valence-corrected chi connectivity index (χ4v) is 3.62. The first-order chi connectivity index (χ1) is 14.8. The number of para-hydroxylation sites is 3. The summed E-state index contributed by atoms with van der Waals surface area (Å²) in [5, 5.41) is 4.18. The summed E-state index contributed by atoms with van der Waals surface area (Å²) in [6, 6.07) is 25.7. The van der Waals surface area contributed by atoms with E-state index in [9.17, 15) is 4.79 Å². The number of ether oxygens (including phenoxy) is 2. The third kappa shape index (κ3) is 4.30. The SMILES string of the molecule is COc1ccccc1OCC(=O)NCC(c1ccccc1)c1c[nH]c2ccccc12. The number of amides is 1. The van der Waals surface area contributed by atoms with Gasteiger partial charge in [0.15, 0.2) is 18.1 Å². The molecule has 3 aromatic carbocycles. The summed E-state index contributed by atoms with van der Waals surface area (Å²) >= 11 is 0. The molecule has 0 spiro atoms. The Morgan fingerprint density at radius 2 is 1.63 bits per heavy atom. The lowest BCUT2D eigenvalue weighted by atomic mass is 9.91. The number of carbonyl (C=O) groups excluding carboxylic acids is 1. The molecule has 30 heavy (non-hydrogen) atoms. The van der Waals surface area contributed by atoms with Crippen LogP contribution in [0, 0.1) is 0 Å². The molecule has 0 aliphatic carbocycles. The van der Waals surface area contributed by atoms with Gasteiger partial charge in [0.1, 0.15) is 0 Å². The maximum atomic E-state index is 12.5. The van der Waals surface area contributed by atoms with Crippen LogP contribution in [0.3, 0.4) is 0 Å². The molecule has 0 fully saturated rings. The van der Waals surface area contributed by atoms with Crippen LogP contribution >= 0.6 is 0 Å². The molecular weight excluding hydrogens is 376 g/mol. The maximum Gasteiger partial charge on any atom is 0.257 e. The van der Waals surface area contributed by atoms with Crippen molar-refractivity contribution in [2.24, 2.45) is 0 Å². The van der Waals surface area contributed by atoms with E-state index in [1.807, 2.05) is 48.7 Å². The summed E-state index contributed by atoms with van der Waals surface area (Å²) in [7, 11) is 1.58. The van der Waals surface area contributed by atoms with Gasteiger partial charge in [-0.05, 0) is 29.3 Å². The van der Waals surface area contributed by atoms with E-state index < -0.39 is 0 Å². The summed E-state index contributed by atoms with van der Waals surface area (Å²) in [6.07, 6.45) is 2.03. The molecule has 4 rings (SSSR count). The van der Waals surface area contributed by atoms with Gasteiger partial charge in [-0.2, -0.15) is 0 Å². The number of aromatic nitrogens is 1. The van der Waals surface area contributed by atoms with E-state index in [2.05, 4.69) is 34.6 Å². The summed E-state index contributed by atoms with van der Waals surface area (Å²) in [4.78, 5) is 15.8. The number of nitrogens with one attached hydrogen (secondary N) is 2. The Hall–Kier alpha value is -3.73. The Balaban J connectivity index is 1.48. The lowest BCUT2D eigenvalue weighted by Crippen LogP contribution is -2.32. The molecule has 0 radical (unpaired) electrons. The van der Waals surface area contributed by atoms with Gasteiger partial charge in [0.2, 0.25) is 0 Å². The number of aromatic amines is 1. The van der Waals surface area contributed by atoms with Crippen LogP contribution in [0.4, 0.5) is 0 Å². The van der Waals surface area contributed by atoms with Crippen molar-refractivity contribution in [3.8, 4) is 11.5 Å².